The molecule has 1 N–H and O–H groups in total. The summed E-state index contributed by atoms with van der Waals surface area (Å²) in [6.07, 6.45) is 6.73. The predicted molar refractivity (Wildman–Crippen MR) is 90.7 cm³/mol. The number of carbonyl (C=O) groups excluding carboxylic acids is 1. The van der Waals surface area contributed by atoms with Gasteiger partial charge in [0.15, 0.2) is 0 Å². The third kappa shape index (κ3) is 4.00. The zero-order chi connectivity index (χ0) is 16.9. The number of hydrogen-bond acceptors (Lipinski definition) is 3. The molecular weight excluding hydrogens is 307 g/mol. The van der Waals surface area contributed by atoms with E-state index in [1.54, 1.807) is 29.2 Å². The van der Waals surface area contributed by atoms with Gasteiger partial charge in [0.2, 0.25) is 0 Å². The van der Waals surface area contributed by atoms with Gasteiger partial charge in [-0.05, 0) is 63.0 Å². The number of amides is 1. The summed E-state index contributed by atoms with van der Waals surface area (Å²) < 4.78 is 15.2. The number of rotatable bonds is 5. The van der Waals surface area contributed by atoms with Gasteiger partial charge in [-0.15, -0.1) is 0 Å². The number of piperidine rings is 1. The molecule has 0 bridgehead atoms. The molecule has 1 aliphatic rings. The van der Waals surface area contributed by atoms with Gasteiger partial charge in [0.1, 0.15) is 5.82 Å². The maximum atomic E-state index is 13.6. The van der Waals surface area contributed by atoms with Crippen LogP contribution in [0.2, 0.25) is 0 Å². The molecule has 1 unspecified atom stereocenters. The molecule has 2 heterocycles. The van der Waals surface area contributed by atoms with Gasteiger partial charge >= 0.3 is 0 Å². The van der Waals surface area contributed by atoms with Crippen molar-refractivity contribution in [2.24, 2.45) is 5.92 Å². The van der Waals surface area contributed by atoms with E-state index in [0.29, 0.717) is 23.7 Å². The minimum absolute atomic E-state index is 0.260. The number of aromatic nitrogens is 2. The highest BCUT2D eigenvalue weighted by atomic mass is 19.1. The lowest BCUT2D eigenvalue weighted by molar-refractivity contribution is 0.0947. The van der Waals surface area contributed by atoms with Crippen molar-refractivity contribution < 1.29 is 9.18 Å². The van der Waals surface area contributed by atoms with Crippen LogP contribution < -0.4 is 5.32 Å². The fraction of sp³-hybridized carbons (Fsp3) is 0.444. The van der Waals surface area contributed by atoms with Gasteiger partial charge in [-0.1, -0.05) is 0 Å². The van der Waals surface area contributed by atoms with Crippen molar-refractivity contribution >= 4 is 5.91 Å². The van der Waals surface area contributed by atoms with Gasteiger partial charge < -0.3 is 10.2 Å². The molecule has 2 aromatic rings. The normalized spacial score (nSPS) is 18.5. The molecule has 1 aliphatic heterocycles. The highest BCUT2D eigenvalue weighted by Gasteiger charge is 2.18. The molecule has 24 heavy (non-hydrogen) atoms. The summed E-state index contributed by atoms with van der Waals surface area (Å²) in [7, 11) is 2.13. The number of likely N-dealkylation sites (tertiary alicyclic amines) is 1. The Morgan fingerprint density at radius 1 is 1.46 bits per heavy atom. The minimum atomic E-state index is -0.426. The molecule has 128 valence electrons. The van der Waals surface area contributed by atoms with E-state index in [0.717, 1.165) is 19.5 Å². The summed E-state index contributed by atoms with van der Waals surface area (Å²) in [5.74, 6) is -0.0729. The van der Waals surface area contributed by atoms with Gasteiger partial charge in [0.05, 0.1) is 11.3 Å². The Balaban J connectivity index is 1.63. The molecule has 0 saturated carbocycles. The van der Waals surface area contributed by atoms with E-state index in [-0.39, 0.29) is 5.91 Å². The zero-order valence-electron chi connectivity index (χ0n) is 13.9. The summed E-state index contributed by atoms with van der Waals surface area (Å²) in [5, 5.41) is 7.06. The van der Waals surface area contributed by atoms with Crippen molar-refractivity contribution in [2.75, 3.05) is 26.7 Å². The van der Waals surface area contributed by atoms with Crippen LogP contribution in [0.5, 0.6) is 0 Å². The number of nitrogens with zero attached hydrogens (tertiary/aromatic N) is 3. The van der Waals surface area contributed by atoms with Crippen LogP contribution in [0.3, 0.4) is 0 Å². The van der Waals surface area contributed by atoms with Gasteiger partial charge in [-0.2, -0.15) is 5.10 Å². The summed E-state index contributed by atoms with van der Waals surface area (Å²) in [6.45, 7) is 2.83. The van der Waals surface area contributed by atoms with Crippen LogP contribution in [0.25, 0.3) is 5.69 Å². The van der Waals surface area contributed by atoms with E-state index in [2.05, 4.69) is 22.4 Å². The fourth-order valence-electron chi connectivity index (χ4n) is 3.30. The van der Waals surface area contributed by atoms with Crippen LogP contribution in [0.4, 0.5) is 4.39 Å². The molecule has 0 aliphatic carbocycles. The maximum Gasteiger partial charge on any atom is 0.253 e. The molecule has 6 heteroatoms. The molecule has 5 nitrogen and oxygen atoms in total. The highest BCUT2D eigenvalue weighted by molar-refractivity contribution is 5.97. The largest absolute Gasteiger partial charge is 0.352 e. The molecule has 1 aromatic carbocycles. The van der Waals surface area contributed by atoms with Crippen molar-refractivity contribution in [1.29, 1.82) is 0 Å². The second-order valence-electron chi connectivity index (χ2n) is 6.43. The molecule has 1 amide bonds. The van der Waals surface area contributed by atoms with Gasteiger partial charge in [-0.25, -0.2) is 9.07 Å². The lowest BCUT2D eigenvalue weighted by Gasteiger charge is -2.29. The first-order valence-corrected chi connectivity index (χ1v) is 8.40. The Labute approximate surface area is 141 Å². The molecule has 1 fully saturated rings. The Bertz CT molecular complexity index is 686. The van der Waals surface area contributed by atoms with E-state index in [1.165, 1.54) is 25.0 Å². The van der Waals surface area contributed by atoms with Gasteiger partial charge in [0.25, 0.3) is 5.91 Å². The van der Waals surface area contributed by atoms with Crippen molar-refractivity contribution in [3.8, 4) is 5.69 Å². The SMILES string of the molecule is CN1CCCC(CCNC(=O)c2cc(F)ccc2-n2cccn2)C1. The molecule has 1 atom stereocenters. The predicted octanol–water partition coefficient (Wildman–Crippen LogP) is 2.47. The molecule has 1 saturated heterocycles. The van der Waals surface area contributed by atoms with Crippen LogP contribution in [-0.4, -0.2) is 47.3 Å². The Morgan fingerprint density at radius 2 is 2.33 bits per heavy atom. The molecule has 1 aromatic heterocycles. The standard InChI is InChI=1S/C18H23FN4O/c1-22-10-2-4-14(13-22)7-9-20-18(24)16-12-15(19)5-6-17(16)23-11-3-8-21-23/h3,5-6,8,11-12,14H,2,4,7,9-10,13H2,1H3,(H,20,24). The monoisotopic (exact) mass is 330 g/mol. The van der Waals surface area contributed by atoms with Crippen LogP contribution in [0, 0.1) is 11.7 Å². The number of nitrogens with one attached hydrogen (secondary N) is 1. The molecule has 0 spiro atoms. The Kier molecular flexibility index (Phi) is 5.25. The number of carbonyl (C=O) groups is 1. The van der Waals surface area contributed by atoms with E-state index in [4.69, 9.17) is 0 Å². The average molecular weight is 330 g/mol. The van der Waals surface area contributed by atoms with Crippen LogP contribution in [-0.2, 0) is 0 Å². The minimum Gasteiger partial charge on any atom is -0.352 e. The smallest absolute Gasteiger partial charge is 0.253 e. The maximum absolute atomic E-state index is 13.6. The van der Waals surface area contributed by atoms with Crippen LogP contribution >= 0.6 is 0 Å². The number of hydrogen-bond donors (Lipinski definition) is 1. The molecule has 0 radical (unpaired) electrons. The second kappa shape index (κ2) is 7.57. The zero-order valence-corrected chi connectivity index (χ0v) is 13.9. The van der Waals surface area contributed by atoms with Crippen molar-refractivity contribution in [3.05, 3.63) is 48.0 Å². The topological polar surface area (TPSA) is 50.2 Å². The quantitative estimate of drug-likeness (QED) is 0.916. The van der Waals surface area contributed by atoms with E-state index < -0.39 is 5.82 Å². The first-order valence-electron chi connectivity index (χ1n) is 8.40. The summed E-state index contributed by atoms with van der Waals surface area (Å²) >= 11 is 0. The average Bonchev–Trinajstić information content (AvgIpc) is 3.09. The van der Waals surface area contributed by atoms with Gasteiger partial charge in [0, 0.05) is 25.5 Å². The third-order valence-electron chi connectivity index (χ3n) is 4.51. The van der Waals surface area contributed by atoms with Crippen LogP contribution in [0.15, 0.2) is 36.7 Å². The van der Waals surface area contributed by atoms with Gasteiger partial charge in [-0.3, -0.25) is 4.79 Å². The summed E-state index contributed by atoms with van der Waals surface area (Å²) in [5.41, 5.74) is 0.885. The third-order valence-corrected chi connectivity index (χ3v) is 4.51. The number of benzene rings is 1. The molecule has 3 rings (SSSR count). The van der Waals surface area contributed by atoms with Crippen molar-refractivity contribution in [2.45, 2.75) is 19.3 Å². The molecular formula is C18H23FN4O. The fourth-order valence-corrected chi connectivity index (χ4v) is 3.30. The lowest BCUT2D eigenvalue weighted by atomic mass is 9.95. The van der Waals surface area contributed by atoms with Crippen molar-refractivity contribution in [1.82, 2.24) is 20.0 Å². The summed E-state index contributed by atoms with van der Waals surface area (Å²) in [4.78, 5) is 14.8. The first-order chi connectivity index (χ1) is 11.6. The van der Waals surface area contributed by atoms with E-state index in [1.807, 2.05) is 0 Å². The van der Waals surface area contributed by atoms with E-state index >= 15 is 0 Å². The number of halogens is 1. The first kappa shape index (κ1) is 16.6. The van der Waals surface area contributed by atoms with E-state index in [9.17, 15) is 9.18 Å². The Morgan fingerprint density at radius 3 is 3.08 bits per heavy atom. The highest BCUT2D eigenvalue weighted by Crippen LogP contribution is 2.18. The summed E-state index contributed by atoms with van der Waals surface area (Å²) in [6, 6.07) is 5.95. The lowest BCUT2D eigenvalue weighted by Crippen LogP contribution is -2.34. The Hall–Kier alpha value is -2.21. The second-order valence-corrected chi connectivity index (χ2v) is 6.43. The van der Waals surface area contributed by atoms with Crippen molar-refractivity contribution in [3.63, 3.8) is 0 Å². The van der Waals surface area contributed by atoms with Crippen LogP contribution in [0.1, 0.15) is 29.6 Å².